The fraction of sp³-hybridized carbons (Fsp3) is 0.588. The first-order valence-corrected chi connectivity index (χ1v) is 9.07. The molecule has 24 heavy (non-hydrogen) atoms. The highest BCUT2D eigenvalue weighted by molar-refractivity contribution is 6.43. The van der Waals surface area contributed by atoms with E-state index in [1.54, 1.807) is 0 Å². The quantitative estimate of drug-likeness (QED) is 0.625. The Morgan fingerprint density at radius 1 is 1.12 bits per heavy atom. The molecule has 5 rings (SSSR count). The summed E-state index contributed by atoms with van der Waals surface area (Å²) in [7, 11) is 0. The average Bonchev–Trinajstić information content (AvgIpc) is 2.47. The number of nitrogens with zero attached hydrogens (tertiary/aromatic N) is 1. The van der Waals surface area contributed by atoms with Crippen molar-refractivity contribution in [3.8, 4) is 0 Å². The number of nitro benzene ring substituents is 1. The maximum Gasteiger partial charge on any atom is 0.290 e. The minimum Gasteiger partial charge on any atom is -0.347 e. The van der Waals surface area contributed by atoms with Crippen molar-refractivity contribution in [2.24, 2.45) is 17.8 Å². The predicted octanol–water partition coefficient (Wildman–Crippen LogP) is 4.60. The summed E-state index contributed by atoms with van der Waals surface area (Å²) in [6.45, 7) is 0. The minimum atomic E-state index is -0.615. The van der Waals surface area contributed by atoms with Crippen LogP contribution >= 0.6 is 23.2 Å². The number of halogens is 2. The Kier molecular flexibility index (Phi) is 3.77. The van der Waals surface area contributed by atoms with Crippen molar-refractivity contribution in [2.45, 2.75) is 44.1 Å². The normalized spacial score (nSPS) is 33.5. The molecule has 1 aromatic carbocycles. The summed E-state index contributed by atoms with van der Waals surface area (Å²) < 4.78 is 0. The molecule has 4 saturated carbocycles. The van der Waals surface area contributed by atoms with Crippen molar-refractivity contribution in [1.29, 1.82) is 0 Å². The average molecular weight is 369 g/mol. The zero-order valence-corrected chi connectivity index (χ0v) is 14.6. The molecule has 0 saturated heterocycles. The van der Waals surface area contributed by atoms with Gasteiger partial charge in [0.05, 0.1) is 9.95 Å². The largest absolute Gasteiger partial charge is 0.347 e. The first-order chi connectivity index (χ1) is 11.3. The number of amides is 1. The van der Waals surface area contributed by atoms with Crippen LogP contribution in [0.15, 0.2) is 12.1 Å². The Labute approximate surface area is 149 Å². The molecule has 0 aromatic heterocycles. The number of nitrogens with one attached hydrogen (secondary N) is 1. The van der Waals surface area contributed by atoms with Crippen LogP contribution in [0.1, 0.15) is 48.9 Å². The monoisotopic (exact) mass is 368 g/mol. The summed E-state index contributed by atoms with van der Waals surface area (Å²) in [6.07, 6.45) is 6.92. The van der Waals surface area contributed by atoms with Crippen LogP contribution in [0.3, 0.4) is 0 Å². The zero-order valence-electron chi connectivity index (χ0n) is 13.1. The van der Waals surface area contributed by atoms with E-state index in [4.69, 9.17) is 23.2 Å². The molecular formula is C17H18Cl2N2O3. The molecule has 128 valence electrons. The second kappa shape index (κ2) is 5.60. The van der Waals surface area contributed by atoms with E-state index in [0.717, 1.165) is 19.3 Å². The smallest absolute Gasteiger partial charge is 0.290 e. The molecule has 4 bridgehead atoms. The highest BCUT2D eigenvalue weighted by Crippen LogP contribution is 2.55. The Hall–Kier alpha value is -1.33. The summed E-state index contributed by atoms with van der Waals surface area (Å²) in [5, 5.41) is 14.2. The van der Waals surface area contributed by atoms with Gasteiger partial charge in [0.15, 0.2) is 0 Å². The lowest BCUT2D eigenvalue weighted by Crippen LogP contribution is -2.59. The van der Waals surface area contributed by atoms with Gasteiger partial charge in [-0.1, -0.05) is 23.2 Å². The Morgan fingerprint density at radius 2 is 1.67 bits per heavy atom. The first-order valence-electron chi connectivity index (χ1n) is 8.31. The van der Waals surface area contributed by atoms with Crippen LogP contribution in [0.2, 0.25) is 10.0 Å². The Bertz CT molecular complexity index is 700. The zero-order chi connectivity index (χ0) is 17.1. The van der Waals surface area contributed by atoms with E-state index in [1.807, 2.05) is 0 Å². The highest BCUT2D eigenvalue weighted by atomic mass is 35.5. The third-order valence-electron chi connectivity index (χ3n) is 5.88. The number of benzene rings is 1. The van der Waals surface area contributed by atoms with Gasteiger partial charge in [-0.25, -0.2) is 0 Å². The van der Waals surface area contributed by atoms with Gasteiger partial charge in [-0.3, -0.25) is 14.9 Å². The van der Waals surface area contributed by atoms with Crippen molar-refractivity contribution in [3.05, 3.63) is 37.9 Å². The molecule has 0 aliphatic heterocycles. The molecule has 1 N–H and O–H groups in total. The second-order valence-corrected chi connectivity index (χ2v) is 8.49. The van der Waals surface area contributed by atoms with Gasteiger partial charge < -0.3 is 5.32 Å². The molecule has 4 aliphatic rings. The first kappa shape index (κ1) is 16.2. The van der Waals surface area contributed by atoms with Crippen LogP contribution in [0, 0.1) is 27.9 Å². The predicted molar refractivity (Wildman–Crippen MR) is 91.5 cm³/mol. The van der Waals surface area contributed by atoms with Crippen LogP contribution in [-0.2, 0) is 0 Å². The van der Waals surface area contributed by atoms with Crippen molar-refractivity contribution < 1.29 is 9.72 Å². The molecule has 0 atom stereocenters. The van der Waals surface area contributed by atoms with Crippen molar-refractivity contribution >= 4 is 34.8 Å². The van der Waals surface area contributed by atoms with Gasteiger partial charge in [0.1, 0.15) is 5.02 Å². The lowest BCUT2D eigenvalue weighted by atomic mass is 9.53. The minimum absolute atomic E-state index is 0.0292. The summed E-state index contributed by atoms with van der Waals surface area (Å²) in [4.78, 5) is 23.2. The lowest BCUT2D eigenvalue weighted by Gasteiger charge is -2.56. The highest BCUT2D eigenvalue weighted by Gasteiger charge is 2.51. The molecule has 4 aliphatic carbocycles. The number of carbonyl (C=O) groups is 1. The van der Waals surface area contributed by atoms with E-state index in [-0.39, 0.29) is 32.7 Å². The third-order valence-corrected chi connectivity index (χ3v) is 6.68. The van der Waals surface area contributed by atoms with E-state index in [1.165, 1.54) is 31.4 Å². The van der Waals surface area contributed by atoms with E-state index in [2.05, 4.69) is 5.32 Å². The molecule has 0 radical (unpaired) electrons. The van der Waals surface area contributed by atoms with Crippen LogP contribution in [-0.4, -0.2) is 16.4 Å². The maximum absolute atomic E-state index is 12.7. The van der Waals surface area contributed by atoms with E-state index < -0.39 is 4.92 Å². The third kappa shape index (κ3) is 2.68. The molecule has 1 amide bonds. The molecule has 7 heteroatoms. The number of nitro groups is 1. The van der Waals surface area contributed by atoms with Crippen LogP contribution in [0.25, 0.3) is 0 Å². The van der Waals surface area contributed by atoms with Gasteiger partial charge in [0, 0.05) is 17.2 Å². The SMILES string of the molecule is O=C(NC12CC3CC(CC(C3)C1)C2)c1cc(Cl)c(Cl)c([N+](=O)[O-])c1. The van der Waals surface area contributed by atoms with Crippen LogP contribution in [0.5, 0.6) is 0 Å². The summed E-state index contributed by atoms with van der Waals surface area (Å²) in [5.41, 5.74) is -0.279. The maximum atomic E-state index is 12.7. The van der Waals surface area contributed by atoms with Crippen molar-refractivity contribution in [1.82, 2.24) is 5.32 Å². The van der Waals surface area contributed by atoms with Gasteiger partial charge in [0.25, 0.3) is 11.6 Å². The van der Waals surface area contributed by atoms with Gasteiger partial charge >= 0.3 is 0 Å². The summed E-state index contributed by atoms with van der Waals surface area (Å²) in [6, 6.07) is 2.62. The summed E-state index contributed by atoms with van der Waals surface area (Å²) >= 11 is 11.8. The topological polar surface area (TPSA) is 72.2 Å². The molecule has 1 aromatic rings. The van der Waals surface area contributed by atoms with Crippen LogP contribution in [0.4, 0.5) is 5.69 Å². The van der Waals surface area contributed by atoms with Gasteiger partial charge in [-0.05, 0) is 62.3 Å². The van der Waals surface area contributed by atoms with E-state index in [9.17, 15) is 14.9 Å². The molecule has 5 nitrogen and oxygen atoms in total. The Morgan fingerprint density at radius 3 is 2.17 bits per heavy atom. The van der Waals surface area contributed by atoms with E-state index >= 15 is 0 Å². The second-order valence-electron chi connectivity index (χ2n) is 7.70. The number of hydrogen-bond acceptors (Lipinski definition) is 3. The molecular weight excluding hydrogens is 351 g/mol. The molecule has 4 fully saturated rings. The van der Waals surface area contributed by atoms with E-state index in [0.29, 0.717) is 17.8 Å². The standard InChI is InChI=1S/C17H18Cl2N2O3/c18-13-4-12(5-14(15(13)19)21(23)24)16(22)20-17-6-9-1-10(7-17)3-11(2-9)8-17/h4-5,9-11H,1-3,6-8H2,(H,20,22). The van der Waals surface area contributed by atoms with Crippen LogP contribution < -0.4 is 5.32 Å². The number of hydrogen-bond donors (Lipinski definition) is 1. The fourth-order valence-electron chi connectivity index (χ4n) is 5.42. The lowest BCUT2D eigenvalue weighted by molar-refractivity contribution is -0.384. The summed E-state index contributed by atoms with van der Waals surface area (Å²) in [5.74, 6) is 1.83. The van der Waals surface area contributed by atoms with Gasteiger partial charge in [0.2, 0.25) is 0 Å². The molecule has 0 unspecified atom stereocenters. The van der Waals surface area contributed by atoms with Crippen molar-refractivity contribution in [3.63, 3.8) is 0 Å². The van der Waals surface area contributed by atoms with Crippen molar-refractivity contribution in [2.75, 3.05) is 0 Å². The molecule has 0 heterocycles. The van der Waals surface area contributed by atoms with Gasteiger partial charge in [-0.2, -0.15) is 0 Å². The Balaban J connectivity index is 1.60. The fourth-order valence-corrected chi connectivity index (χ4v) is 5.81. The number of rotatable bonds is 3. The molecule has 0 spiro atoms. The number of carbonyl (C=O) groups excluding carboxylic acids is 1. The van der Waals surface area contributed by atoms with Gasteiger partial charge in [-0.15, -0.1) is 0 Å².